The van der Waals surface area contributed by atoms with E-state index in [1.165, 1.54) is 24.6 Å². The molecule has 0 spiro atoms. The number of aromatic amines is 1. The second-order valence-electron chi connectivity index (χ2n) is 5.70. The van der Waals surface area contributed by atoms with Crippen LogP contribution in [0.2, 0.25) is 0 Å². The number of nitrogens with one attached hydrogen (secondary N) is 2. The maximum absolute atomic E-state index is 12.9. The van der Waals surface area contributed by atoms with E-state index < -0.39 is 6.29 Å². The van der Waals surface area contributed by atoms with Gasteiger partial charge in [0.25, 0.3) is 0 Å². The van der Waals surface area contributed by atoms with Gasteiger partial charge in [-0.05, 0) is 29.3 Å². The van der Waals surface area contributed by atoms with Gasteiger partial charge in [-0.3, -0.25) is 4.79 Å². The summed E-state index contributed by atoms with van der Waals surface area (Å²) in [5, 5.41) is 6.85. The number of aromatic nitrogens is 2. The first-order valence-electron chi connectivity index (χ1n) is 8.84. The molecule has 0 aliphatic carbocycles. The van der Waals surface area contributed by atoms with Gasteiger partial charge in [0.2, 0.25) is 5.91 Å². The number of fused-ring (bicyclic) bond motifs is 2. The number of H-pyrrole nitrogens is 1. The lowest BCUT2D eigenvalue weighted by Crippen LogP contribution is -2.25. The fraction of sp³-hybridized carbons (Fsp3) is 0.368. The number of rotatable bonds is 3. The zero-order valence-corrected chi connectivity index (χ0v) is 17.0. The number of carbonyl (C=O) groups excluding carboxylic acids is 1. The molecule has 2 aromatic heterocycles. The molecule has 0 atom stereocenters. The minimum atomic E-state index is -3.63. The molecule has 152 valence electrons. The summed E-state index contributed by atoms with van der Waals surface area (Å²) in [5.74, 6) is 0.454. The lowest BCUT2D eigenvalue weighted by molar-refractivity contribution is -0.286. The maximum Gasteiger partial charge on any atom is 0.586 e. The van der Waals surface area contributed by atoms with Crippen LogP contribution in [0, 0.1) is 6.92 Å². The largest absolute Gasteiger partial charge is 0.586 e. The van der Waals surface area contributed by atoms with Gasteiger partial charge in [0.1, 0.15) is 5.82 Å². The van der Waals surface area contributed by atoms with E-state index in [9.17, 15) is 13.6 Å². The first-order valence-corrected chi connectivity index (χ1v) is 9.78. The Bertz CT molecular complexity index is 866. The molecule has 1 aliphatic heterocycles. The van der Waals surface area contributed by atoms with Crippen LogP contribution < -0.4 is 14.8 Å². The number of aryl methyl sites for hydroxylation is 1. The number of hydrogen-bond donors (Lipinski definition) is 2. The highest BCUT2D eigenvalue weighted by Crippen LogP contribution is 2.42. The van der Waals surface area contributed by atoms with Gasteiger partial charge in [-0.25, -0.2) is 4.98 Å². The molecule has 0 bridgehead atoms. The minimum absolute atomic E-state index is 0.0282. The fourth-order valence-corrected chi connectivity index (χ4v) is 2.98. The normalized spacial score (nSPS) is 13.2. The molecule has 1 aliphatic rings. The molecule has 1 aromatic carbocycles. The number of benzene rings is 1. The summed E-state index contributed by atoms with van der Waals surface area (Å²) in [6, 6.07) is 4.91. The fourth-order valence-electron chi connectivity index (χ4n) is 2.31. The molecule has 0 saturated heterocycles. The summed E-state index contributed by atoms with van der Waals surface area (Å²) in [4.78, 5) is 18.0. The van der Waals surface area contributed by atoms with E-state index in [0.717, 1.165) is 0 Å². The summed E-state index contributed by atoms with van der Waals surface area (Å²) in [6.45, 7) is 7.97. The molecule has 0 saturated carbocycles. The minimum Gasteiger partial charge on any atom is -0.395 e. The molecule has 3 heterocycles. The van der Waals surface area contributed by atoms with Crippen LogP contribution in [0.3, 0.4) is 0 Å². The highest BCUT2D eigenvalue weighted by molar-refractivity contribution is 7.07. The lowest BCUT2D eigenvalue weighted by Gasteiger charge is -2.04. The van der Waals surface area contributed by atoms with Crippen molar-refractivity contribution in [2.24, 2.45) is 0 Å². The molecule has 2 N–H and O–H groups in total. The smallest absolute Gasteiger partial charge is 0.395 e. The summed E-state index contributed by atoms with van der Waals surface area (Å²) >= 11 is 1.74. The van der Waals surface area contributed by atoms with Crippen LogP contribution in [0.15, 0.2) is 29.0 Å². The highest BCUT2D eigenvalue weighted by Gasteiger charge is 2.43. The third-order valence-corrected chi connectivity index (χ3v) is 4.25. The van der Waals surface area contributed by atoms with Crippen molar-refractivity contribution in [1.29, 1.82) is 0 Å². The van der Waals surface area contributed by atoms with E-state index in [1.807, 2.05) is 13.8 Å². The van der Waals surface area contributed by atoms with Crippen molar-refractivity contribution in [2.75, 3.05) is 6.54 Å². The van der Waals surface area contributed by atoms with Crippen LogP contribution in [0.1, 0.15) is 32.2 Å². The van der Waals surface area contributed by atoms with Crippen molar-refractivity contribution in [2.45, 2.75) is 40.4 Å². The Balaban J connectivity index is 0.000000296. The summed E-state index contributed by atoms with van der Waals surface area (Å²) < 4.78 is 34.5. The van der Waals surface area contributed by atoms with E-state index in [-0.39, 0.29) is 17.4 Å². The van der Waals surface area contributed by atoms with Gasteiger partial charge in [0, 0.05) is 32.0 Å². The second kappa shape index (κ2) is 9.50. The SMILES string of the molecule is CC.CC(=O)NCCc1nc2cc3c(cc2[nH]1)OC(F)(F)O3.Cc1ccsc1. The predicted molar refractivity (Wildman–Crippen MR) is 105 cm³/mol. The van der Waals surface area contributed by atoms with Gasteiger partial charge in [-0.1, -0.05) is 13.8 Å². The first kappa shape index (κ1) is 21.6. The zero-order valence-electron chi connectivity index (χ0n) is 16.1. The van der Waals surface area contributed by atoms with Crippen molar-refractivity contribution < 1.29 is 23.0 Å². The van der Waals surface area contributed by atoms with Crippen molar-refractivity contribution in [3.8, 4) is 11.5 Å². The predicted octanol–water partition coefficient (Wildman–Crippen LogP) is 4.65. The molecular formula is C19H23F2N3O3S. The number of amides is 1. The Morgan fingerprint density at radius 1 is 1.29 bits per heavy atom. The average Bonchev–Trinajstić information content (AvgIpc) is 3.31. The van der Waals surface area contributed by atoms with E-state index in [4.69, 9.17) is 0 Å². The molecule has 1 amide bonds. The van der Waals surface area contributed by atoms with Gasteiger partial charge < -0.3 is 19.8 Å². The number of thiophene rings is 1. The van der Waals surface area contributed by atoms with Crippen molar-refractivity contribution in [3.05, 3.63) is 40.3 Å². The van der Waals surface area contributed by atoms with Crippen molar-refractivity contribution in [1.82, 2.24) is 15.3 Å². The molecule has 0 fully saturated rings. The van der Waals surface area contributed by atoms with E-state index in [2.05, 4.69) is 48.5 Å². The number of carbonyl (C=O) groups is 1. The van der Waals surface area contributed by atoms with Gasteiger partial charge >= 0.3 is 6.29 Å². The van der Waals surface area contributed by atoms with Gasteiger partial charge in [-0.15, -0.1) is 8.78 Å². The third-order valence-electron chi connectivity index (χ3n) is 3.45. The molecule has 3 aromatic rings. The Labute approximate surface area is 165 Å². The third kappa shape index (κ3) is 5.91. The first-order chi connectivity index (χ1) is 13.3. The Hall–Kier alpha value is -2.68. The van der Waals surface area contributed by atoms with E-state index in [0.29, 0.717) is 29.8 Å². The second-order valence-corrected chi connectivity index (χ2v) is 6.48. The number of imidazole rings is 1. The molecule has 6 nitrogen and oxygen atoms in total. The van der Waals surface area contributed by atoms with Gasteiger partial charge in [0.05, 0.1) is 11.0 Å². The monoisotopic (exact) mass is 411 g/mol. The molecule has 0 unspecified atom stereocenters. The molecule has 4 rings (SSSR count). The van der Waals surface area contributed by atoms with Crippen LogP contribution in [0.5, 0.6) is 11.5 Å². The lowest BCUT2D eigenvalue weighted by atomic mass is 10.3. The highest BCUT2D eigenvalue weighted by atomic mass is 32.1. The zero-order chi connectivity index (χ0) is 20.7. The van der Waals surface area contributed by atoms with Crippen LogP contribution in [0.25, 0.3) is 11.0 Å². The number of alkyl halides is 2. The molecular weight excluding hydrogens is 388 g/mol. The number of halogens is 2. The van der Waals surface area contributed by atoms with Crippen LogP contribution in [0.4, 0.5) is 8.78 Å². The number of ether oxygens (including phenoxy) is 2. The molecule has 0 radical (unpaired) electrons. The quantitative estimate of drug-likeness (QED) is 0.658. The van der Waals surface area contributed by atoms with Crippen LogP contribution >= 0.6 is 11.3 Å². The molecule has 9 heteroatoms. The van der Waals surface area contributed by atoms with E-state index in [1.54, 1.807) is 11.3 Å². The van der Waals surface area contributed by atoms with Gasteiger partial charge in [-0.2, -0.15) is 11.3 Å². The molecule has 28 heavy (non-hydrogen) atoms. The Kier molecular flexibility index (Phi) is 7.33. The number of hydrogen-bond acceptors (Lipinski definition) is 5. The van der Waals surface area contributed by atoms with Crippen molar-refractivity contribution >= 4 is 28.3 Å². The average molecular weight is 411 g/mol. The Morgan fingerprint density at radius 3 is 2.50 bits per heavy atom. The standard InChI is InChI=1S/C12H11F2N3O3.C5H6S.C2H6/c1-6(18)15-3-2-11-16-7-4-9-10(5-8(7)17-11)20-12(13,14)19-9;1-5-2-3-6-4-5;1-2/h4-5H,2-3H2,1H3,(H,15,18)(H,16,17);2-4H,1H3;1-2H3. The summed E-state index contributed by atoms with van der Waals surface area (Å²) in [7, 11) is 0. The Morgan fingerprint density at radius 2 is 1.96 bits per heavy atom. The number of nitrogens with zero attached hydrogens (tertiary/aromatic N) is 1. The van der Waals surface area contributed by atoms with E-state index >= 15 is 0 Å². The summed E-state index contributed by atoms with van der Waals surface area (Å²) in [5.41, 5.74) is 2.44. The van der Waals surface area contributed by atoms with Crippen LogP contribution in [-0.2, 0) is 11.2 Å². The topological polar surface area (TPSA) is 76.2 Å². The van der Waals surface area contributed by atoms with Gasteiger partial charge in [0.15, 0.2) is 11.5 Å². The van der Waals surface area contributed by atoms with Crippen molar-refractivity contribution in [3.63, 3.8) is 0 Å². The maximum atomic E-state index is 12.9. The summed E-state index contributed by atoms with van der Waals surface area (Å²) in [6.07, 6.45) is -3.12. The van der Waals surface area contributed by atoms with Crippen LogP contribution in [-0.4, -0.2) is 28.7 Å².